The number of benzene rings is 1. The first kappa shape index (κ1) is 19.1. The van der Waals surface area contributed by atoms with Gasteiger partial charge in [0.25, 0.3) is 0 Å². The van der Waals surface area contributed by atoms with Crippen molar-refractivity contribution < 1.29 is 9.59 Å². The summed E-state index contributed by atoms with van der Waals surface area (Å²) in [5.74, 6) is 0.383. The number of halogens is 1. The molecule has 1 aromatic rings. The van der Waals surface area contributed by atoms with E-state index in [-0.39, 0.29) is 30.0 Å². The molecule has 2 bridgehead atoms. The number of hydrogen-bond acceptors (Lipinski definition) is 4. The highest BCUT2D eigenvalue weighted by Crippen LogP contribution is 2.33. The van der Waals surface area contributed by atoms with Crippen LogP contribution in [0.4, 0.5) is 5.69 Å². The zero-order valence-electron chi connectivity index (χ0n) is 13.5. The fraction of sp³-hybridized carbons (Fsp3) is 0.529. The Hall–Kier alpha value is -1.24. The van der Waals surface area contributed by atoms with Crippen molar-refractivity contribution in [3.8, 4) is 0 Å². The van der Waals surface area contributed by atoms with E-state index in [2.05, 4.69) is 10.6 Å². The number of piperidine rings is 1. The van der Waals surface area contributed by atoms with Gasteiger partial charge < -0.3 is 16.4 Å². The Kier molecular flexibility index (Phi) is 6.95. The van der Waals surface area contributed by atoms with E-state index in [9.17, 15) is 9.59 Å². The van der Waals surface area contributed by atoms with Crippen molar-refractivity contribution in [1.82, 2.24) is 5.32 Å². The molecule has 1 aromatic carbocycles. The molecule has 2 heterocycles. The normalized spacial score (nSPS) is 24.9. The molecule has 2 atom stereocenters. The van der Waals surface area contributed by atoms with E-state index in [4.69, 9.17) is 5.73 Å². The van der Waals surface area contributed by atoms with Crippen LogP contribution in [0, 0.1) is 5.92 Å². The van der Waals surface area contributed by atoms with Gasteiger partial charge in [-0.3, -0.25) is 9.59 Å². The maximum absolute atomic E-state index is 12.4. The van der Waals surface area contributed by atoms with Crippen LogP contribution in [0.25, 0.3) is 0 Å². The Bertz CT molecular complexity index is 587. The van der Waals surface area contributed by atoms with Crippen LogP contribution >= 0.6 is 24.2 Å². The number of nitrogens with one attached hydrogen (secondary N) is 2. The zero-order chi connectivity index (χ0) is 16.2. The second-order valence-corrected chi connectivity index (χ2v) is 7.50. The average Bonchev–Trinajstić information content (AvgIpc) is 2.85. The molecule has 0 spiro atoms. The molecule has 7 heteroatoms. The summed E-state index contributed by atoms with van der Waals surface area (Å²) in [6, 6.07) is 8.74. The predicted molar refractivity (Wildman–Crippen MR) is 99.5 cm³/mol. The average molecular weight is 370 g/mol. The number of fused-ring (bicyclic) bond motifs is 2. The highest BCUT2D eigenvalue weighted by Gasteiger charge is 2.34. The Labute approximate surface area is 152 Å². The Morgan fingerprint density at radius 3 is 2.54 bits per heavy atom. The molecule has 2 aliphatic heterocycles. The molecule has 2 amide bonds. The van der Waals surface area contributed by atoms with Gasteiger partial charge in [-0.2, -0.15) is 0 Å². The Balaban J connectivity index is 0.00000208. The maximum atomic E-state index is 12.4. The summed E-state index contributed by atoms with van der Waals surface area (Å²) < 4.78 is 0. The number of nitrogens with two attached hydrogens (primary N) is 1. The van der Waals surface area contributed by atoms with Gasteiger partial charge in [-0.05, 0) is 43.7 Å². The van der Waals surface area contributed by atoms with E-state index >= 15 is 0 Å². The van der Waals surface area contributed by atoms with Crippen molar-refractivity contribution in [3.05, 3.63) is 24.3 Å². The van der Waals surface area contributed by atoms with Crippen LogP contribution in [0.15, 0.2) is 29.2 Å². The first-order valence-corrected chi connectivity index (χ1v) is 9.14. The summed E-state index contributed by atoms with van der Waals surface area (Å²) in [6.45, 7) is 0. The third-order valence-electron chi connectivity index (χ3n) is 4.58. The minimum Gasteiger partial charge on any atom is -0.369 e. The summed E-state index contributed by atoms with van der Waals surface area (Å²) in [5.41, 5.74) is 5.96. The number of hydrogen-bond donors (Lipinski definition) is 3. The van der Waals surface area contributed by atoms with E-state index in [0.717, 1.165) is 23.4 Å². The molecule has 0 saturated carbocycles. The van der Waals surface area contributed by atoms with Crippen LogP contribution in [-0.2, 0) is 9.59 Å². The van der Waals surface area contributed by atoms with E-state index in [1.54, 1.807) is 0 Å². The number of rotatable bonds is 6. The molecule has 2 unspecified atom stereocenters. The lowest BCUT2D eigenvalue weighted by Gasteiger charge is -2.28. The highest BCUT2D eigenvalue weighted by atomic mass is 35.5. The molecule has 0 aromatic heterocycles. The Morgan fingerprint density at radius 1 is 1.21 bits per heavy atom. The van der Waals surface area contributed by atoms with Crippen LogP contribution in [0.5, 0.6) is 0 Å². The van der Waals surface area contributed by atoms with Crippen LogP contribution < -0.4 is 16.4 Å². The van der Waals surface area contributed by atoms with Crippen molar-refractivity contribution in [2.24, 2.45) is 11.7 Å². The minimum atomic E-state index is -0.360. The number of thioether (sulfide) groups is 1. The number of carbonyl (C=O) groups excluding carboxylic acids is 2. The molecule has 5 nitrogen and oxygen atoms in total. The first-order chi connectivity index (χ1) is 11.1. The topological polar surface area (TPSA) is 84.2 Å². The highest BCUT2D eigenvalue weighted by molar-refractivity contribution is 8.00. The van der Waals surface area contributed by atoms with Crippen LogP contribution in [0.3, 0.4) is 0 Å². The van der Waals surface area contributed by atoms with Gasteiger partial charge in [0.15, 0.2) is 0 Å². The fourth-order valence-electron chi connectivity index (χ4n) is 3.65. The van der Waals surface area contributed by atoms with E-state index in [1.807, 2.05) is 24.3 Å². The summed E-state index contributed by atoms with van der Waals surface area (Å²) >= 11 is 1.35. The van der Waals surface area contributed by atoms with Crippen molar-refractivity contribution in [1.29, 1.82) is 0 Å². The third kappa shape index (κ3) is 5.13. The standard InChI is InChI=1S/C17H23N3O2S.ClH/c18-16(21)10-23-15-4-2-1-3-14(15)20-17(22)9-11-7-12-5-6-13(8-11)19-12;/h1-4,11-13,19H,5-10H2,(H2,18,21)(H,20,22);1H. The number of amides is 2. The molecule has 0 aliphatic carbocycles. The van der Waals surface area contributed by atoms with Gasteiger partial charge in [-0.1, -0.05) is 12.1 Å². The second-order valence-electron chi connectivity index (χ2n) is 6.48. The number of primary amides is 1. The monoisotopic (exact) mass is 369 g/mol. The summed E-state index contributed by atoms with van der Waals surface area (Å²) in [7, 11) is 0. The van der Waals surface area contributed by atoms with Gasteiger partial charge in [0, 0.05) is 23.4 Å². The molecule has 2 fully saturated rings. The number of carbonyl (C=O) groups is 2. The van der Waals surface area contributed by atoms with Gasteiger partial charge in [0.2, 0.25) is 11.8 Å². The van der Waals surface area contributed by atoms with E-state index in [1.165, 1.54) is 24.6 Å². The molecule has 4 N–H and O–H groups in total. The molecule has 132 valence electrons. The molecule has 0 radical (unpaired) electrons. The van der Waals surface area contributed by atoms with Crippen LogP contribution in [0.1, 0.15) is 32.1 Å². The molecule has 24 heavy (non-hydrogen) atoms. The number of anilines is 1. The van der Waals surface area contributed by atoms with Gasteiger partial charge in [-0.25, -0.2) is 0 Å². The zero-order valence-corrected chi connectivity index (χ0v) is 15.1. The summed E-state index contributed by atoms with van der Waals surface area (Å²) in [5, 5.41) is 6.60. The van der Waals surface area contributed by atoms with Crippen molar-refractivity contribution >= 4 is 41.7 Å². The second kappa shape index (κ2) is 8.74. The van der Waals surface area contributed by atoms with E-state index < -0.39 is 0 Å². The number of para-hydroxylation sites is 1. The SMILES string of the molecule is Cl.NC(=O)CSc1ccccc1NC(=O)CC1CC2CCC(C1)N2. The van der Waals surface area contributed by atoms with Gasteiger partial charge in [0.1, 0.15) is 0 Å². The quantitative estimate of drug-likeness (QED) is 0.673. The minimum absolute atomic E-state index is 0. The van der Waals surface area contributed by atoms with Crippen LogP contribution in [0.2, 0.25) is 0 Å². The van der Waals surface area contributed by atoms with Crippen molar-refractivity contribution in [2.45, 2.75) is 49.1 Å². The molecule has 2 saturated heterocycles. The summed E-state index contributed by atoms with van der Waals surface area (Å²) in [4.78, 5) is 24.2. The van der Waals surface area contributed by atoms with Crippen molar-refractivity contribution in [3.63, 3.8) is 0 Å². The predicted octanol–water partition coefficient (Wildman–Crippen LogP) is 2.54. The van der Waals surface area contributed by atoms with E-state index in [0.29, 0.717) is 24.4 Å². The fourth-order valence-corrected chi connectivity index (χ4v) is 4.40. The van der Waals surface area contributed by atoms with Gasteiger partial charge in [-0.15, -0.1) is 24.2 Å². The smallest absolute Gasteiger partial charge is 0.227 e. The molecular formula is C17H24ClN3O2S. The molecule has 3 rings (SSSR count). The third-order valence-corrected chi connectivity index (χ3v) is 5.67. The van der Waals surface area contributed by atoms with Crippen molar-refractivity contribution in [2.75, 3.05) is 11.1 Å². The maximum Gasteiger partial charge on any atom is 0.227 e. The molecule has 2 aliphatic rings. The van der Waals surface area contributed by atoms with Crippen LogP contribution in [-0.4, -0.2) is 29.7 Å². The molecular weight excluding hydrogens is 346 g/mol. The summed E-state index contributed by atoms with van der Waals surface area (Å²) in [6.07, 6.45) is 5.26. The lowest BCUT2D eigenvalue weighted by atomic mass is 9.89. The largest absolute Gasteiger partial charge is 0.369 e. The first-order valence-electron chi connectivity index (χ1n) is 8.16. The van der Waals surface area contributed by atoms with Gasteiger partial charge >= 0.3 is 0 Å². The lowest BCUT2D eigenvalue weighted by Crippen LogP contribution is -2.39. The van der Waals surface area contributed by atoms with Gasteiger partial charge in [0.05, 0.1) is 11.4 Å². The lowest BCUT2D eigenvalue weighted by molar-refractivity contribution is -0.117. The Morgan fingerprint density at radius 2 is 1.88 bits per heavy atom.